The van der Waals surface area contributed by atoms with Gasteiger partial charge in [-0.15, -0.1) is 0 Å². The molecule has 5 heteroatoms. The first-order valence-electron chi connectivity index (χ1n) is 4.95. The summed E-state index contributed by atoms with van der Waals surface area (Å²) in [5.74, 6) is 0.391. The van der Waals surface area contributed by atoms with Gasteiger partial charge in [0.1, 0.15) is 0 Å². The van der Waals surface area contributed by atoms with Gasteiger partial charge in [-0.1, -0.05) is 6.07 Å². The first-order valence-corrected chi connectivity index (χ1v) is 4.95. The molecule has 0 saturated heterocycles. The van der Waals surface area contributed by atoms with Gasteiger partial charge in [0.25, 0.3) is 5.91 Å². The van der Waals surface area contributed by atoms with E-state index in [0.717, 1.165) is 5.56 Å². The number of aliphatic hydroxyl groups excluding tert-OH is 1. The van der Waals surface area contributed by atoms with Gasteiger partial charge in [0.2, 0.25) is 0 Å². The SMILES string of the molecule is CCOc1cc(CO)ccc1OCC(N)=O. The summed E-state index contributed by atoms with van der Waals surface area (Å²) >= 11 is 0. The summed E-state index contributed by atoms with van der Waals surface area (Å²) in [6.07, 6.45) is 0. The highest BCUT2D eigenvalue weighted by molar-refractivity contribution is 5.75. The number of carbonyl (C=O) groups excluding carboxylic acids is 1. The molecule has 0 saturated carbocycles. The minimum absolute atomic E-state index is 0.0732. The Morgan fingerprint density at radius 2 is 2.12 bits per heavy atom. The van der Waals surface area contributed by atoms with Crippen molar-refractivity contribution in [3.8, 4) is 11.5 Å². The lowest BCUT2D eigenvalue weighted by molar-refractivity contribution is -0.119. The highest BCUT2D eigenvalue weighted by Crippen LogP contribution is 2.28. The minimum atomic E-state index is -0.548. The molecule has 0 atom stereocenters. The molecule has 0 aliphatic carbocycles. The number of rotatable bonds is 6. The molecule has 1 aromatic rings. The van der Waals surface area contributed by atoms with E-state index in [-0.39, 0.29) is 13.2 Å². The zero-order valence-electron chi connectivity index (χ0n) is 9.10. The van der Waals surface area contributed by atoms with Crippen LogP contribution in [0.2, 0.25) is 0 Å². The van der Waals surface area contributed by atoms with Crippen LogP contribution in [0.1, 0.15) is 12.5 Å². The fraction of sp³-hybridized carbons (Fsp3) is 0.364. The number of hydrogen-bond acceptors (Lipinski definition) is 4. The summed E-state index contributed by atoms with van der Waals surface area (Å²) in [4.78, 5) is 10.6. The summed E-state index contributed by atoms with van der Waals surface area (Å²) in [6, 6.07) is 5.00. The van der Waals surface area contributed by atoms with E-state index in [1.807, 2.05) is 6.92 Å². The maximum Gasteiger partial charge on any atom is 0.255 e. The number of carbonyl (C=O) groups is 1. The zero-order chi connectivity index (χ0) is 12.0. The average molecular weight is 225 g/mol. The summed E-state index contributed by atoms with van der Waals surface area (Å²) < 4.78 is 10.5. The molecule has 0 radical (unpaired) electrons. The Hall–Kier alpha value is -1.75. The van der Waals surface area contributed by atoms with Crippen molar-refractivity contribution >= 4 is 5.91 Å². The number of primary amides is 1. The predicted octanol–water partition coefficient (Wildman–Crippen LogP) is 0.442. The molecule has 5 nitrogen and oxygen atoms in total. The van der Waals surface area contributed by atoms with E-state index in [9.17, 15) is 4.79 Å². The van der Waals surface area contributed by atoms with Gasteiger partial charge >= 0.3 is 0 Å². The number of hydrogen-bond donors (Lipinski definition) is 2. The second-order valence-electron chi connectivity index (χ2n) is 3.13. The zero-order valence-corrected chi connectivity index (χ0v) is 9.10. The fourth-order valence-corrected chi connectivity index (χ4v) is 1.19. The second-order valence-corrected chi connectivity index (χ2v) is 3.13. The summed E-state index contributed by atoms with van der Waals surface area (Å²) in [6.45, 7) is 2.04. The Balaban J connectivity index is 2.84. The van der Waals surface area contributed by atoms with Crippen molar-refractivity contribution in [1.82, 2.24) is 0 Å². The first kappa shape index (κ1) is 12.3. The first-order chi connectivity index (χ1) is 7.67. The van der Waals surface area contributed by atoms with Gasteiger partial charge in [0.15, 0.2) is 18.1 Å². The Morgan fingerprint density at radius 3 is 2.69 bits per heavy atom. The van der Waals surface area contributed by atoms with Gasteiger partial charge in [-0.3, -0.25) is 4.79 Å². The van der Waals surface area contributed by atoms with E-state index >= 15 is 0 Å². The van der Waals surface area contributed by atoms with Crippen LogP contribution < -0.4 is 15.2 Å². The predicted molar refractivity (Wildman–Crippen MR) is 58.2 cm³/mol. The molecule has 0 spiro atoms. The van der Waals surface area contributed by atoms with Crippen LogP contribution in [0.4, 0.5) is 0 Å². The number of ether oxygens (including phenoxy) is 2. The van der Waals surface area contributed by atoms with Gasteiger partial charge in [-0.2, -0.15) is 0 Å². The van der Waals surface area contributed by atoms with Crippen LogP contribution in [0.15, 0.2) is 18.2 Å². The molecule has 0 bridgehead atoms. The molecular weight excluding hydrogens is 210 g/mol. The molecule has 0 aliphatic rings. The number of aliphatic hydroxyl groups is 1. The van der Waals surface area contributed by atoms with Gasteiger partial charge in [0, 0.05) is 0 Å². The Labute approximate surface area is 93.8 Å². The molecule has 0 aromatic heterocycles. The molecule has 88 valence electrons. The van der Waals surface area contributed by atoms with Crippen LogP contribution in [0.5, 0.6) is 11.5 Å². The van der Waals surface area contributed by atoms with Crippen LogP contribution in [0.25, 0.3) is 0 Å². The topological polar surface area (TPSA) is 81.8 Å². The molecule has 1 amide bonds. The molecular formula is C11H15NO4. The third-order valence-electron chi connectivity index (χ3n) is 1.86. The number of amides is 1. The van der Waals surface area contributed by atoms with Crippen molar-refractivity contribution in [2.45, 2.75) is 13.5 Å². The highest BCUT2D eigenvalue weighted by Gasteiger charge is 2.07. The van der Waals surface area contributed by atoms with E-state index in [4.69, 9.17) is 20.3 Å². The Bertz CT molecular complexity index is 365. The largest absolute Gasteiger partial charge is 0.490 e. The van der Waals surface area contributed by atoms with E-state index in [1.54, 1.807) is 18.2 Å². The molecule has 0 heterocycles. The quantitative estimate of drug-likeness (QED) is 0.736. The summed E-state index contributed by atoms with van der Waals surface area (Å²) in [5.41, 5.74) is 5.69. The lowest BCUT2D eigenvalue weighted by Gasteiger charge is -2.11. The third-order valence-corrected chi connectivity index (χ3v) is 1.86. The van der Waals surface area contributed by atoms with Crippen molar-refractivity contribution in [3.63, 3.8) is 0 Å². The second kappa shape index (κ2) is 5.97. The number of nitrogens with two attached hydrogens (primary N) is 1. The molecule has 1 aromatic carbocycles. The van der Waals surface area contributed by atoms with Crippen LogP contribution in [-0.4, -0.2) is 24.2 Å². The standard InChI is InChI=1S/C11H15NO4/c1-2-15-10-5-8(6-13)3-4-9(10)16-7-11(12)14/h3-5,13H,2,6-7H2,1H3,(H2,12,14). The van der Waals surface area contributed by atoms with Gasteiger partial charge in [-0.05, 0) is 24.6 Å². The van der Waals surface area contributed by atoms with Crippen molar-refractivity contribution in [2.24, 2.45) is 5.73 Å². The van der Waals surface area contributed by atoms with Crippen LogP contribution in [-0.2, 0) is 11.4 Å². The third kappa shape index (κ3) is 3.43. The average Bonchev–Trinajstić information content (AvgIpc) is 2.27. The molecule has 0 aliphatic heterocycles. The van der Waals surface area contributed by atoms with Crippen LogP contribution in [0.3, 0.4) is 0 Å². The molecule has 16 heavy (non-hydrogen) atoms. The van der Waals surface area contributed by atoms with E-state index in [0.29, 0.717) is 18.1 Å². The molecule has 3 N–H and O–H groups in total. The highest BCUT2D eigenvalue weighted by atomic mass is 16.5. The van der Waals surface area contributed by atoms with Crippen molar-refractivity contribution < 1.29 is 19.4 Å². The van der Waals surface area contributed by atoms with Crippen LogP contribution in [0, 0.1) is 0 Å². The summed E-state index contributed by atoms with van der Waals surface area (Å²) in [5, 5.41) is 8.97. The van der Waals surface area contributed by atoms with Gasteiger partial charge in [0.05, 0.1) is 13.2 Å². The lowest BCUT2D eigenvalue weighted by atomic mass is 10.2. The van der Waals surface area contributed by atoms with Crippen molar-refractivity contribution in [2.75, 3.05) is 13.2 Å². The molecule has 0 fully saturated rings. The lowest BCUT2D eigenvalue weighted by Crippen LogP contribution is -2.20. The monoisotopic (exact) mass is 225 g/mol. The normalized spacial score (nSPS) is 9.88. The Kier molecular flexibility index (Phi) is 4.60. The fourth-order valence-electron chi connectivity index (χ4n) is 1.19. The van der Waals surface area contributed by atoms with Gasteiger partial charge in [-0.25, -0.2) is 0 Å². The van der Waals surface area contributed by atoms with Crippen molar-refractivity contribution in [1.29, 1.82) is 0 Å². The van der Waals surface area contributed by atoms with E-state index in [1.165, 1.54) is 0 Å². The van der Waals surface area contributed by atoms with E-state index in [2.05, 4.69) is 0 Å². The van der Waals surface area contributed by atoms with Gasteiger partial charge < -0.3 is 20.3 Å². The maximum absolute atomic E-state index is 10.6. The van der Waals surface area contributed by atoms with Crippen LogP contribution >= 0.6 is 0 Å². The number of benzene rings is 1. The van der Waals surface area contributed by atoms with Crippen molar-refractivity contribution in [3.05, 3.63) is 23.8 Å². The maximum atomic E-state index is 10.6. The Morgan fingerprint density at radius 1 is 1.38 bits per heavy atom. The smallest absolute Gasteiger partial charge is 0.255 e. The molecule has 0 unspecified atom stereocenters. The van der Waals surface area contributed by atoms with E-state index < -0.39 is 5.91 Å². The molecule has 1 rings (SSSR count). The minimum Gasteiger partial charge on any atom is -0.490 e. The summed E-state index contributed by atoms with van der Waals surface area (Å²) in [7, 11) is 0.